The second-order valence-corrected chi connectivity index (χ2v) is 9.61. The van der Waals surface area contributed by atoms with E-state index >= 15 is 0 Å². The maximum Gasteiger partial charge on any atom is 0.247 e. The normalized spacial score (nSPS) is 23.3. The van der Waals surface area contributed by atoms with E-state index in [0.717, 1.165) is 41.6 Å². The minimum Gasteiger partial charge on any atom is -0.487 e. The average molecular weight is 491 g/mol. The Morgan fingerprint density at radius 2 is 2.04 bits per heavy atom. The maximum absolute atomic E-state index is 12.3. The number of alkyl halides is 1. The topological polar surface area (TPSA) is 38.3 Å². The molecule has 0 radical (unpaired) electrons. The van der Waals surface area contributed by atoms with E-state index in [4.69, 9.17) is 4.74 Å². The minimum atomic E-state index is 0.0797. The molecule has 0 aromatic heterocycles. The van der Waals surface area contributed by atoms with Crippen LogP contribution in [0.5, 0.6) is 5.75 Å². The van der Waals surface area contributed by atoms with E-state index < -0.39 is 0 Å². The van der Waals surface area contributed by atoms with Gasteiger partial charge in [-0.05, 0) is 79.7 Å². The molecular formula is C24H30INO2. The number of fused-ring (bicyclic) bond motifs is 1. The fourth-order valence-corrected chi connectivity index (χ4v) is 5.18. The number of hydrogen-bond donors (Lipinski definition) is 1. The fourth-order valence-electron chi connectivity index (χ4n) is 4.91. The molecule has 1 atom stereocenters. The number of amides is 1. The predicted molar refractivity (Wildman–Crippen MR) is 123 cm³/mol. The van der Waals surface area contributed by atoms with E-state index in [1.165, 1.54) is 48.8 Å². The molecule has 1 aliphatic heterocycles. The molecule has 1 fully saturated rings. The highest BCUT2D eigenvalue weighted by Crippen LogP contribution is 2.43. The van der Waals surface area contributed by atoms with Crippen molar-refractivity contribution in [1.82, 2.24) is 5.32 Å². The Bertz CT molecular complexity index is 805. The first kappa shape index (κ1) is 20.0. The molecule has 3 nitrogen and oxygen atoms in total. The van der Waals surface area contributed by atoms with Gasteiger partial charge >= 0.3 is 0 Å². The van der Waals surface area contributed by atoms with Gasteiger partial charge in [0.05, 0.1) is 0 Å². The zero-order valence-electron chi connectivity index (χ0n) is 16.7. The van der Waals surface area contributed by atoms with Gasteiger partial charge in [-0.3, -0.25) is 4.79 Å². The van der Waals surface area contributed by atoms with Crippen LogP contribution in [0.1, 0.15) is 63.0 Å². The zero-order chi connectivity index (χ0) is 19.6. The third-order valence-electron chi connectivity index (χ3n) is 6.54. The molecule has 0 saturated heterocycles. The summed E-state index contributed by atoms with van der Waals surface area (Å²) in [4.78, 5) is 12.3. The number of benzene rings is 1. The van der Waals surface area contributed by atoms with Crippen molar-refractivity contribution in [3.63, 3.8) is 0 Å². The van der Waals surface area contributed by atoms with Crippen LogP contribution in [-0.4, -0.2) is 22.5 Å². The highest BCUT2D eigenvalue weighted by Gasteiger charge is 2.37. The number of carbonyl (C=O) groups excluding carboxylic acids is 1. The van der Waals surface area contributed by atoms with Crippen LogP contribution in [0, 0.1) is 5.92 Å². The van der Waals surface area contributed by atoms with Crippen LogP contribution >= 0.6 is 22.6 Å². The van der Waals surface area contributed by atoms with Gasteiger partial charge in [-0.15, -0.1) is 0 Å². The molecule has 1 aromatic rings. The molecular weight excluding hydrogens is 461 g/mol. The quantitative estimate of drug-likeness (QED) is 0.439. The minimum absolute atomic E-state index is 0.0797. The maximum atomic E-state index is 12.3. The van der Waals surface area contributed by atoms with Crippen LogP contribution in [-0.2, 0) is 11.2 Å². The van der Waals surface area contributed by atoms with Gasteiger partial charge in [0, 0.05) is 16.5 Å². The summed E-state index contributed by atoms with van der Waals surface area (Å²) in [5, 5.41) is 3.00. The number of nitrogens with one attached hydrogen (secondary N) is 1. The Balaban J connectivity index is 1.51. The smallest absolute Gasteiger partial charge is 0.247 e. The molecule has 4 heteroatoms. The molecule has 1 unspecified atom stereocenters. The monoisotopic (exact) mass is 491 g/mol. The first-order valence-electron chi connectivity index (χ1n) is 10.7. The summed E-state index contributed by atoms with van der Waals surface area (Å²) < 4.78 is 7.46. The number of allylic oxidation sites excluding steroid dienone is 3. The fraction of sp³-hybridized carbons (Fsp3) is 0.542. The highest BCUT2D eigenvalue weighted by molar-refractivity contribution is 14.1. The largest absolute Gasteiger partial charge is 0.487 e. The summed E-state index contributed by atoms with van der Waals surface area (Å²) in [6, 6.07) is 6.70. The number of ether oxygens (including phenoxy) is 1. The first-order chi connectivity index (χ1) is 13.6. The second-order valence-electron chi connectivity index (χ2n) is 8.53. The van der Waals surface area contributed by atoms with Crippen LogP contribution in [0.25, 0.3) is 5.57 Å². The molecule has 1 N–H and O–H groups in total. The second kappa shape index (κ2) is 8.60. The van der Waals surface area contributed by atoms with Crippen LogP contribution in [0.15, 0.2) is 35.9 Å². The Morgan fingerprint density at radius 1 is 1.21 bits per heavy atom. The lowest BCUT2D eigenvalue weighted by atomic mass is 9.78. The molecule has 1 saturated carbocycles. The first-order valence-corrected chi connectivity index (χ1v) is 12.2. The number of rotatable bonds is 4. The highest BCUT2D eigenvalue weighted by atomic mass is 127. The molecule has 28 heavy (non-hydrogen) atoms. The Morgan fingerprint density at radius 3 is 2.79 bits per heavy atom. The lowest BCUT2D eigenvalue weighted by molar-refractivity contribution is -0.117. The van der Waals surface area contributed by atoms with Gasteiger partial charge < -0.3 is 10.1 Å². The van der Waals surface area contributed by atoms with Gasteiger partial charge in [0.2, 0.25) is 5.91 Å². The van der Waals surface area contributed by atoms with E-state index in [1.807, 2.05) is 6.08 Å². The van der Waals surface area contributed by atoms with Crippen LogP contribution in [0.4, 0.5) is 0 Å². The third-order valence-corrected chi connectivity index (χ3v) is 7.08. The molecule has 1 spiro atoms. The molecule has 1 amide bonds. The summed E-state index contributed by atoms with van der Waals surface area (Å²) >= 11 is 2.28. The van der Waals surface area contributed by atoms with Gasteiger partial charge in [-0.2, -0.15) is 0 Å². The van der Waals surface area contributed by atoms with Gasteiger partial charge in [0.1, 0.15) is 11.4 Å². The van der Waals surface area contributed by atoms with E-state index in [9.17, 15) is 4.79 Å². The summed E-state index contributed by atoms with van der Waals surface area (Å²) in [7, 11) is 0. The summed E-state index contributed by atoms with van der Waals surface area (Å²) in [6.07, 6.45) is 13.7. The average Bonchev–Trinajstić information content (AvgIpc) is 2.72. The Labute approximate surface area is 182 Å². The number of halogens is 1. The molecule has 4 rings (SSSR count). The van der Waals surface area contributed by atoms with E-state index in [1.54, 1.807) is 0 Å². The van der Waals surface area contributed by atoms with E-state index in [-0.39, 0.29) is 17.4 Å². The van der Waals surface area contributed by atoms with Crippen molar-refractivity contribution < 1.29 is 9.53 Å². The molecule has 150 valence electrons. The van der Waals surface area contributed by atoms with E-state index in [0.29, 0.717) is 0 Å². The van der Waals surface area contributed by atoms with Crippen molar-refractivity contribution in [3.8, 4) is 5.75 Å². The van der Waals surface area contributed by atoms with Crippen molar-refractivity contribution in [1.29, 1.82) is 0 Å². The molecule has 1 aromatic carbocycles. The van der Waals surface area contributed by atoms with Gasteiger partial charge in [0.25, 0.3) is 0 Å². The van der Waals surface area contributed by atoms with Crippen LogP contribution in [0.2, 0.25) is 0 Å². The lowest BCUT2D eigenvalue weighted by Gasteiger charge is -2.41. The van der Waals surface area contributed by atoms with Crippen molar-refractivity contribution in [2.45, 2.75) is 63.9 Å². The number of aryl methyl sites for hydroxylation is 1. The predicted octanol–water partition coefficient (Wildman–Crippen LogP) is 5.62. The van der Waals surface area contributed by atoms with E-state index in [2.05, 4.69) is 59.1 Å². The SMILES string of the molecule is CC1CC(c2ccc3c(c2)CCC2(CCCCC2)O3)=CC=C1C(=O)NCCI. The molecule has 1 heterocycles. The Kier molecular flexibility index (Phi) is 6.14. The van der Waals surface area contributed by atoms with Crippen LogP contribution < -0.4 is 10.1 Å². The summed E-state index contributed by atoms with van der Waals surface area (Å²) in [6.45, 7) is 2.88. The number of carbonyl (C=O) groups is 1. The molecule has 0 bridgehead atoms. The molecule has 2 aliphatic carbocycles. The van der Waals surface area contributed by atoms with Crippen LogP contribution in [0.3, 0.4) is 0 Å². The standard InChI is InChI=1S/C24H30INO2/c1-17-15-18(5-7-21(17)23(27)26-14-13-25)19-6-8-22-20(16-19)9-12-24(28-22)10-3-2-4-11-24/h5-8,16-17H,2-4,9-15H2,1H3,(H,26,27). The molecule has 3 aliphatic rings. The van der Waals surface area contributed by atoms with Crippen molar-refractivity contribution in [3.05, 3.63) is 47.1 Å². The van der Waals surface area contributed by atoms with Gasteiger partial charge in [0.15, 0.2) is 0 Å². The van der Waals surface area contributed by atoms with Crippen molar-refractivity contribution >= 4 is 34.1 Å². The zero-order valence-corrected chi connectivity index (χ0v) is 18.9. The van der Waals surface area contributed by atoms with Crippen molar-refractivity contribution in [2.24, 2.45) is 5.92 Å². The third kappa shape index (κ3) is 4.17. The summed E-state index contributed by atoms with van der Waals surface area (Å²) in [5.74, 6) is 1.42. The van der Waals surface area contributed by atoms with Crippen molar-refractivity contribution in [2.75, 3.05) is 11.0 Å². The number of hydrogen-bond acceptors (Lipinski definition) is 2. The van der Waals surface area contributed by atoms with Gasteiger partial charge in [-0.25, -0.2) is 0 Å². The Hall–Kier alpha value is -1.30. The van der Waals surface area contributed by atoms with Gasteiger partial charge in [-0.1, -0.05) is 54.2 Å². The lowest BCUT2D eigenvalue weighted by Crippen LogP contribution is -2.41. The summed E-state index contributed by atoms with van der Waals surface area (Å²) in [5.41, 5.74) is 4.94.